The number of hydrogen-bond donors (Lipinski definition) is 2. The Hall–Kier alpha value is -0.850. The first kappa shape index (κ1) is 23.4. The number of hydrogen-bond acceptors (Lipinski definition) is 4. The molecule has 0 radical (unpaired) electrons. The van der Waals surface area contributed by atoms with Gasteiger partial charge in [0.15, 0.2) is 0 Å². The molecule has 0 spiro atoms. The number of allylic oxidation sites excluding steroid dienone is 4. The molecular weight excluding hydrogens is 373 g/mol. The van der Waals surface area contributed by atoms with E-state index in [1.54, 1.807) is 6.08 Å². The number of amides is 1. The first-order valence-electron chi connectivity index (χ1n) is 10.6. The predicted molar refractivity (Wildman–Crippen MR) is 117 cm³/mol. The highest BCUT2D eigenvalue weighted by molar-refractivity contribution is 7.97. The molecule has 0 saturated carbocycles. The summed E-state index contributed by atoms with van der Waals surface area (Å²) < 4.78 is 13.4. The first-order valence-corrected chi connectivity index (χ1v) is 11.7. The van der Waals surface area contributed by atoms with E-state index in [0.717, 1.165) is 44.6 Å². The molecule has 0 aromatic heterocycles. The Labute approximate surface area is 174 Å². The van der Waals surface area contributed by atoms with Crippen LogP contribution in [0.1, 0.15) is 59.8 Å². The molecule has 1 amide bonds. The van der Waals surface area contributed by atoms with Gasteiger partial charge in [0, 0.05) is 37.7 Å². The largest absolute Gasteiger partial charge is 0.352 e. The van der Waals surface area contributed by atoms with Crippen molar-refractivity contribution >= 4 is 17.9 Å². The summed E-state index contributed by atoms with van der Waals surface area (Å²) in [5.41, 5.74) is 1.55. The van der Waals surface area contributed by atoms with E-state index in [1.165, 1.54) is 17.5 Å². The van der Waals surface area contributed by atoms with Gasteiger partial charge >= 0.3 is 0 Å². The maximum Gasteiger partial charge on any atom is 0.220 e. The van der Waals surface area contributed by atoms with Crippen LogP contribution in [0.4, 0.5) is 4.39 Å². The monoisotopic (exact) mass is 411 g/mol. The lowest BCUT2D eigenvalue weighted by molar-refractivity contribution is -0.122. The lowest BCUT2D eigenvalue weighted by Gasteiger charge is -2.47. The number of nitrogens with two attached hydrogens (primary N) is 1. The Morgan fingerprint density at radius 2 is 2.14 bits per heavy atom. The van der Waals surface area contributed by atoms with Crippen LogP contribution in [-0.4, -0.2) is 42.2 Å². The third-order valence-electron chi connectivity index (χ3n) is 6.16. The van der Waals surface area contributed by atoms with Gasteiger partial charge in [0.05, 0.1) is 0 Å². The lowest BCUT2D eigenvalue weighted by Crippen LogP contribution is -2.52. The van der Waals surface area contributed by atoms with Crippen LogP contribution in [0, 0.1) is 17.3 Å². The van der Waals surface area contributed by atoms with Crippen molar-refractivity contribution in [2.45, 2.75) is 65.8 Å². The molecular formula is C22H38FN3OS. The van der Waals surface area contributed by atoms with Crippen LogP contribution >= 0.6 is 11.9 Å². The average Bonchev–Trinajstić information content (AvgIpc) is 2.62. The predicted octanol–water partition coefficient (Wildman–Crippen LogP) is 4.44. The molecule has 1 heterocycles. The molecule has 3 N–H and O–H groups in total. The molecule has 1 unspecified atom stereocenters. The molecule has 1 aliphatic carbocycles. The van der Waals surface area contributed by atoms with Crippen LogP contribution in [-0.2, 0) is 4.79 Å². The van der Waals surface area contributed by atoms with Gasteiger partial charge in [0.2, 0.25) is 5.91 Å². The van der Waals surface area contributed by atoms with E-state index in [9.17, 15) is 9.18 Å². The SMILES string of the molecule is CC(C)[C@H](CN1CCC(C2=CC=C(F)CC2)C(C)(C)C1)NC(=O)CCCSN. The highest BCUT2D eigenvalue weighted by Crippen LogP contribution is 2.42. The molecule has 28 heavy (non-hydrogen) atoms. The summed E-state index contributed by atoms with van der Waals surface area (Å²) in [4.78, 5) is 14.8. The van der Waals surface area contributed by atoms with Crippen molar-refractivity contribution in [3.05, 3.63) is 23.6 Å². The standard InChI is InChI=1S/C22H38FN3OS/c1-16(2)20(25-21(27)6-5-13-28-24)14-26-12-11-19(22(3,4)15-26)17-7-9-18(23)10-8-17/h7,9,16,19-20H,5-6,8,10-15,24H2,1-4H3,(H,25,27)/t19?,20-/m0/s1. The Kier molecular flexibility index (Phi) is 9.03. The molecule has 2 rings (SSSR count). The number of piperidine rings is 1. The van der Waals surface area contributed by atoms with Crippen LogP contribution in [0.2, 0.25) is 0 Å². The van der Waals surface area contributed by atoms with Gasteiger partial charge in [0.25, 0.3) is 0 Å². The third-order valence-corrected chi connectivity index (χ3v) is 6.68. The van der Waals surface area contributed by atoms with Crippen molar-refractivity contribution in [3.63, 3.8) is 0 Å². The topological polar surface area (TPSA) is 58.4 Å². The lowest BCUT2D eigenvalue weighted by atomic mass is 9.68. The van der Waals surface area contributed by atoms with Gasteiger partial charge in [-0.25, -0.2) is 4.39 Å². The van der Waals surface area contributed by atoms with E-state index in [0.29, 0.717) is 24.7 Å². The van der Waals surface area contributed by atoms with Gasteiger partial charge in [-0.1, -0.05) is 51.3 Å². The summed E-state index contributed by atoms with van der Waals surface area (Å²) in [6.07, 6.45) is 7.52. The Bertz CT molecular complexity index is 588. The van der Waals surface area contributed by atoms with Crippen molar-refractivity contribution in [1.82, 2.24) is 10.2 Å². The molecule has 1 aliphatic heterocycles. The van der Waals surface area contributed by atoms with Crippen molar-refractivity contribution in [3.8, 4) is 0 Å². The van der Waals surface area contributed by atoms with Gasteiger partial charge in [-0.15, -0.1) is 0 Å². The van der Waals surface area contributed by atoms with E-state index in [4.69, 9.17) is 5.14 Å². The van der Waals surface area contributed by atoms with Crippen LogP contribution in [0.5, 0.6) is 0 Å². The maximum atomic E-state index is 13.4. The quantitative estimate of drug-likeness (QED) is 0.435. The molecule has 160 valence electrons. The fourth-order valence-electron chi connectivity index (χ4n) is 4.53. The second-order valence-electron chi connectivity index (χ2n) is 9.31. The number of nitrogens with one attached hydrogen (secondary N) is 1. The Balaban J connectivity index is 1.92. The summed E-state index contributed by atoms with van der Waals surface area (Å²) in [6, 6.07) is 0.163. The van der Waals surface area contributed by atoms with Gasteiger partial charge in [0.1, 0.15) is 5.83 Å². The van der Waals surface area contributed by atoms with Crippen LogP contribution in [0.3, 0.4) is 0 Å². The number of likely N-dealkylation sites (tertiary alicyclic amines) is 1. The number of carbonyl (C=O) groups excluding carboxylic acids is 1. The first-order chi connectivity index (χ1) is 13.2. The van der Waals surface area contributed by atoms with E-state index in [1.807, 2.05) is 6.08 Å². The van der Waals surface area contributed by atoms with Crippen LogP contribution in [0.25, 0.3) is 0 Å². The average molecular weight is 412 g/mol. The van der Waals surface area contributed by atoms with Crippen LogP contribution < -0.4 is 10.5 Å². The summed E-state index contributed by atoms with van der Waals surface area (Å²) >= 11 is 1.29. The Morgan fingerprint density at radius 1 is 1.39 bits per heavy atom. The number of nitrogens with zero attached hydrogens (tertiary/aromatic N) is 1. The second-order valence-corrected chi connectivity index (χ2v) is 10.1. The van der Waals surface area contributed by atoms with Crippen molar-refractivity contribution in [2.24, 2.45) is 22.4 Å². The van der Waals surface area contributed by atoms with Gasteiger partial charge in [-0.3, -0.25) is 9.93 Å². The minimum atomic E-state index is -0.000403. The van der Waals surface area contributed by atoms with Crippen LogP contribution in [0.15, 0.2) is 23.6 Å². The minimum absolute atomic E-state index is 0.000403. The normalized spacial score (nSPS) is 23.9. The van der Waals surface area contributed by atoms with Crippen molar-refractivity contribution < 1.29 is 9.18 Å². The molecule has 4 nitrogen and oxygen atoms in total. The number of rotatable bonds is 9. The summed E-state index contributed by atoms with van der Waals surface area (Å²) in [7, 11) is 0. The Morgan fingerprint density at radius 3 is 2.71 bits per heavy atom. The van der Waals surface area contributed by atoms with Gasteiger partial charge < -0.3 is 10.2 Å². The van der Waals surface area contributed by atoms with E-state index in [2.05, 4.69) is 37.9 Å². The zero-order valence-electron chi connectivity index (χ0n) is 18.0. The minimum Gasteiger partial charge on any atom is -0.352 e. The zero-order chi connectivity index (χ0) is 20.7. The molecule has 2 atom stereocenters. The summed E-state index contributed by atoms with van der Waals surface area (Å²) in [6.45, 7) is 11.9. The van der Waals surface area contributed by atoms with Gasteiger partial charge in [-0.2, -0.15) is 0 Å². The van der Waals surface area contributed by atoms with Crippen molar-refractivity contribution in [1.29, 1.82) is 0 Å². The fourth-order valence-corrected chi connectivity index (χ4v) is 4.84. The fraction of sp³-hybridized carbons (Fsp3) is 0.773. The molecule has 6 heteroatoms. The summed E-state index contributed by atoms with van der Waals surface area (Å²) in [5.74, 6) is 1.84. The highest BCUT2D eigenvalue weighted by Gasteiger charge is 2.38. The molecule has 1 fully saturated rings. The smallest absolute Gasteiger partial charge is 0.220 e. The van der Waals surface area contributed by atoms with Gasteiger partial charge in [-0.05, 0) is 49.1 Å². The summed E-state index contributed by atoms with van der Waals surface area (Å²) in [5, 5.41) is 8.68. The zero-order valence-corrected chi connectivity index (χ0v) is 18.8. The molecule has 2 aliphatic rings. The maximum absolute atomic E-state index is 13.4. The van der Waals surface area contributed by atoms with E-state index in [-0.39, 0.29) is 23.2 Å². The molecule has 0 aromatic carbocycles. The molecule has 0 bridgehead atoms. The third kappa shape index (κ3) is 6.89. The van der Waals surface area contributed by atoms with Crippen molar-refractivity contribution in [2.75, 3.05) is 25.4 Å². The number of halogens is 1. The molecule has 1 saturated heterocycles. The van der Waals surface area contributed by atoms with E-state index < -0.39 is 0 Å². The second kappa shape index (κ2) is 10.8. The number of carbonyl (C=O) groups is 1. The van der Waals surface area contributed by atoms with E-state index >= 15 is 0 Å². The highest BCUT2D eigenvalue weighted by atomic mass is 32.2. The molecule has 0 aromatic rings.